The van der Waals surface area contributed by atoms with Crippen LogP contribution in [0.2, 0.25) is 0 Å². The minimum Gasteiger partial charge on any atom is -0.477 e. The summed E-state index contributed by atoms with van der Waals surface area (Å²) in [5.41, 5.74) is -0.0107. The van der Waals surface area contributed by atoms with Crippen molar-refractivity contribution in [3.05, 3.63) is 46.3 Å². The minimum atomic E-state index is -0.951. The van der Waals surface area contributed by atoms with E-state index in [2.05, 4.69) is 27.5 Å². The third-order valence-electron chi connectivity index (χ3n) is 3.99. The second-order valence-corrected chi connectivity index (χ2v) is 7.42. The van der Waals surface area contributed by atoms with Crippen LogP contribution in [0, 0.1) is 0 Å². The number of aromatic nitrogens is 1. The average molecular weight is 391 g/mol. The number of pyridine rings is 1. The predicted molar refractivity (Wildman–Crippen MR) is 111 cm³/mol. The maximum absolute atomic E-state index is 10.7. The van der Waals surface area contributed by atoms with Crippen LogP contribution in [0.1, 0.15) is 44.1 Å². The zero-order valence-corrected chi connectivity index (χ0v) is 17.2. The van der Waals surface area contributed by atoms with Crippen LogP contribution in [0.15, 0.2) is 40.8 Å². The minimum absolute atomic E-state index is 0.367. The molecule has 1 unspecified atom stereocenters. The molecule has 3 N–H and O–H groups in total. The van der Waals surface area contributed by atoms with Gasteiger partial charge in [-0.2, -0.15) is 0 Å². The summed E-state index contributed by atoms with van der Waals surface area (Å²) in [7, 11) is 0. The van der Waals surface area contributed by atoms with Crippen molar-refractivity contribution in [1.29, 1.82) is 0 Å². The summed E-state index contributed by atoms with van der Waals surface area (Å²) in [5, 5.41) is 19.1. The molecule has 0 fully saturated rings. The molecule has 2 aromatic rings. The van der Waals surface area contributed by atoms with Crippen molar-refractivity contribution in [3.63, 3.8) is 0 Å². The summed E-state index contributed by atoms with van der Waals surface area (Å²) in [6, 6.07) is 7.74. The van der Waals surface area contributed by atoms with Gasteiger partial charge in [0.25, 0.3) is 0 Å². The van der Waals surface area contributed by atoms with E-state index in [1.165, 1.54) is 0 Å². The summed E-state index contributed by atoms with van der Waals surface area (Å²) in [4.78, 5) is 9.87. The lowest BCUT2D eigenvalue weighted by Crippen LogP contribution is -2.44. The Morgan fingerprint density at radius 3 is 2.85 bits per heavy atom. The maximum Gasteiger partial charge on any atom is 0.218 e. The Bertz CT molecular complexity index is 702. The van der Waals surface area contributed by atoms with Crippen LogP contribution >= 0.6 is 11.3 Å². The Morgan fingerprint density at radius 2 is 2.15 bits per heavy atom. The standard InChI is InChI=1S/C20H30N4O2S/c1-4-6-12-26-18-16(9-7-11-22-18)14-23-19(21-5-2)24-15-20(3,25)17-10-8-13-27-17/h7-11,13,25H,4-6,12,14-15H2,1-3H3,(H2,21,23,24). The molecule has 2 rings (SSSR count). The molecular weight excluding hydrogens is 360 g/mol. The molecule has 1 atom stereocenters. The van der Waals surface area contributed by atoms with Crippen molar-refractivity contribution in [3.8, 4) is 5.88 Å². The fraction of sp³-hybridized carbons (Fsp3) is 0.500. The molecule has 0 amide bonds. The van der Waals surface area contributed by atoms with Crippen LogP contribution < -0.4 is 15.4 Å². The van der Waals surface area contributed by atoms with E-state index in [1.54, 1.807) is 24.5 Å². The second-order valence-electron chi connectivity index (χ2n) is 6.47. The highest BCUT2D eigenvalue weighted by Gasteiger charge is 2.24. The molecular formula is C20H30N4O2S. The Balaban J connectivity index is 2.01. The molecule has 0 aromatic carbocycles. The number of guanidine groups is 1. The fourth-order valence-electron chi connectivity index (χ4n) is 2.42. The third kappa shape index (κ3) is 6.84. The van der Waals surface area contributed by atoms with Crippen LogP contribution in [0.5, 0.6) is 5.88 Å². The molecule has 0 aliphatic heterocycles. The maximum atomic E-state index is 10.7. The van der Waals surface area contributed by atoms with Gasteiger partial charge in [-0.05, 0) is 37.8 Å². The van der Waals surface area contributed by atoms with E-state index in [1.807, 2.05) is 36.6 Å². The number of nitrogens with zero attached hydrogens (tertiary/aromatic N) is 2. The Kier molecular flexibility index (Phi) is 8.54. The largest absolute Gasteiger partial charge is 0.477 e. The lowest BCUT2D eigenvalue weighted by atomic mass is 10.1. The molecule has 2 aromatic heterocycles. The van der Waals surface area contributed by atoms with Crippen LogP contribution in [0.25, 0.3) is 0 Å². The van der Waals surface area contributed by atoms with E-state index in [9.17, 15) is 5.11 Å². The van der Waals surface area contributed by atoms with Crippen LogP contribution in [-0.2, 0) is 12.1 Å². The molecule has 2 heterocycles. The number of ether oxygens (including phenoxy) is 1. The topological polar surface area (TPSA) is 78.8 Å². The van der Waals surface area contributed by atoms with Crippen LogP contribution in [-0.4, -0.2) is 35.7 Å². The highest BCUT2D eigenvalue weighted by atomic mass is 32.1. The van der Waals surface area contributed by atoms with Gasteiger partial charge in [-0.15, -0.1) is 11.3 Å². The van der Waals surface area contributed by atoms with E-state index in [0.29, 0.717) is 31.5 Å². The van der Waals surface area contributed by atoms with Crippen molar-refractivity contribution < 1.29 is 9.84 Å². The van der Waals surface area contributed by atoms with Gasteiger partial charge >= 0.3 is 0 Å². The van der Waals surface area contributed by atoms with Crippen molar-refractivity contribution in [2.75, 3.05) is 19.7 Å². The fourth-order valence-corrected chi connectivity index (χ4v) is 3.21. The first-order chi connectivity index (χ1) is 13.1. The van der Waals surface area contributed by atoms with E-state index < -0.39 is 5.60 Å². The summed E-state index contributed by atoms with van der Waals surface area (Å²) in [6.07, 6.45) is 3.82. The number of nitrogens with one attached hydrogen (secondary N) is 2. The molecule has 27 heavy (non-hydrogen) atoms. The molecule has 0 spiro atoms. The first-order valence-corrected chi connectivity index (χ1v) is 10.3. The SMILES string of the molecule is CCCCOc1ncccc1CN=C(NCC)NCC(C)(O)c1cccs1. The van der Waals surface area contributed by atoms with Gasteiger partial charge in [0.2, 0.25) is 5.88 Å². The molecule has 0 aliphatic carbocycles. The van der Waals surface area contributed by atoms with Gasteiger partial charge in [0.1, 0.15) is 5.60 Å². The second kappa shape index (κ2) is 10.9. The van der Waals surface area contributed by atoms with Gasteiger partial charge in [-0.25, -0.2) is 9.98 Å². The number of thiophene rings is 1. The van der Waals surface area contributed by atoms with Crippen molar-refractivity contribution in [2.24, 2.45) is 4.99 Å². The van der Waals surface area contributed by atoms with E-state index in [4.69, 9.17) is 4.74 Å². The molecule has 0 saturated carbocycles. The molecule has 0 aliphatic rings. The third-order valence-corrected chi connectivity index (χ3v) is 5.11. The number of hydrogen-bond acceptors (Lipinski definition) is 5. The summed E-state index contributed by atoms with van der Waals surface area (Å²) in [5.74, 6) is 1.29. The summed E-state index contributed by atoms with van der Waals surface area (Å²) >= 11 is 1.54. The number of aliphatic hydroxyl groups is 1. The Labute approximate surface area is 165 Å². The molecule has 0 bridgehead atoms. The van der Waals surface area contributed by atoms with Gasteiger partial charge in [-0.3, -0.25) is 0 Å². The monoisotopic (exact) mass is 390 g/mol. The van der Waals surface area contributed by atoms with E-state index in [0.717, 1.165) is 29.8 Å². The number of unbranched alkanes of at least 4 members (excludes halogenated alkanes) is 1. The highest BCUT2D eigenvalue weighted by Crippen LogP contribution is 2.24. The van der Waals surface area contributed by atoms with Crippen molar-refractivity contribution in [2.45, 2.75) is 45.8 Å². The summed E-state index contributed by atoms with van der Waals surface area (Å²) in [6.45, 7) is 8.16. The average Bonchev–Trinajstić information content (AvgIpc) is 3.21. The number of rotatable bonds is 10. The Morgan fingerprint density at radius 1 is 1.30 bits per heavy atom. The van der Waals surface area contributed by atoms with Gasteiger partial charge in [0.05, 0.1) is 19.7 Å². The predicted octanol–water partition coefficient (Wildman–Crippen LogP) is 3.28. The van der Waals surface area contributed by atoms with Crippen LogP contribution in [0.3, 0.4) is 0 Å². The first-order valence-electron chi connectivity index (χ1n) is 9.42. The van der Waals surface area contributed by atoms with Gasteiger partial charge < -0.3 is 20.5 Å². The molecule has 6 nitrogen and oxygen atoms in total. The van der Waals surface area contributed by atoms with Gasteiger partial charge in [0, 0.05) is 23.2 Å². The van der Waals surface area contributed by atoms with E-state index >= 15 is 0 Å². The van der Waals surface area contributed by atoms with E-state index in [-0.39, 0.29) is 0 Å². The highest BCUT2D eigenvalue weighted by molar-refractivity contribution is 7.10. The lowest BCUT2D eigenvalue weighted by Gasteiger charge is -2.23. The molecule has 0 radical (unpaired) electrons. The zero-order valence-electron chi connectivity index (χ0n) is 16.4. The Hall–Kier alpha value is -2.12. The lowest BCUT2D eigenvalue weighted by molar-refractivity contribution is 0.0655. The van der Waals surface area contributed by atoms with Gasteiger partial charge in [0.15, 0.2) is 5.96 Å². The van der Waals surface area contributed by atoms with Crippen molar-refractivity contribution in [1.82, 2.24) is 15.6 Å². The molecule has 148 valence electrons. The first kappa shape index (κ1) is 21.2. The molecule has 0 saturated heterocycles. The quantitative estimate of drug-likeness (QED) is 0.330. The smallest absolute Gasteiger partial charge is 0.218 e. The number of aliphatic imine (C=N–C) groups is 1. The summed E-state index contributed by atoms with van der Waals surface area (Å²) < 4.78 is 5.77. The van der Waals surface area contributed by atoms with Gasteiger partial charge in [-0.1, -0.05) is 25.5 Å². The van der Waals surface area contributed by atoms with Crippen LogP contribution in [0.4, 0.5) is 0 Å². The zero-order chi connectivity index (χ0) is 19.5. The number of hydrogen-bond donors (Lipinski definition) is 3. The molecule has 7 heteroatoms. The van der Waals surface area contributed by atoms with Crippen molar-refractivity contribution >= 4 is 17.3 Å². The normalized spacial score (nSPS) is 13.9.